The molecule has 19 heavy (non-hydrogen) atoms. The van der Waals surface area contributed by atoms with Gasteiger partial charge in [0.1, 0.15) is 5.75 Å². The van der Waals surface area contributed by atoms with Gasteiger partial charge >= 0.3 is 5.97 Å². The van der Waals surface area contributed by atoms with Crippen LogP contribution < -0.4 is 9.64 Å². The van der Waals surface area contributed by atoms with E-state index in [9.17, 15) is 9.59 Å². The second-order valence-electron chi connectivity index (χ2n) is 4.54. The summed E-state index contributed by atoms with van der Waals surface area (Å²) in [5.41, 5.74) is 0.739. The zero-order valence-corrected chi connectivity index (χ0v) is 11.3. The summed E-state index contributed by atoms with van der Waals surface area (Å²) in [6, 6.07) is 7.03. The molecule has 0 saturated carbocycles. The molecule has 2 unspecified atom stereocenters. The number of ether oxygens (including phenoxy) is 2. The lowest BCUT2D eigenvalue weighted by Crippen LogP contribution is -2.35. The number of amides is 1. The molecule has 1 fully saturated rings. The lowest BCUT2D eigenvalue weighted by atomic mass is 10.0. The fraction of sp³-hybridized carbons (Fsp3) is 0.429. The van der Waals surface area contributed by atoms with Gasteiger partial charge in [-0.25, -0.2) is 0 Å². The molecule has 1 aliphatic rings. The molecule has 1 heterocycles. The molecule has 1 aliphatic heterocycles. The Bertz CT molecular complexity index is 500. The molecule has 1 amide bonds. The number of nitrogens with zero attached hydrogens (tertiary/aromatic N) is 1. The highest BCUT2D eigenvalue weighted by molar-refractivity contribution is 6.00. The molecule has 0 spiro atoms. The molecule has 0 radical (unpaired) electrons. The monoisotopic (exact) mass is 263 g/mol. The van der Waals surface area contributed by atoms with Crippen molar-refractivity contribution in [3.05, 3.63) is 24.3 Å². The summed E-state index contributed by atoms with van der Waals surface area (Å²) in [6.45, 7) is 1.85. The van der Waals surface area contributed by atoms with E-state index in [4.69, 9.17) is 9.47 Å². The summed E-state index contributed by atoms with van der Waals surface area (Å²) in [5.74, 6) is -0.148. The van der Waals surface area contributed by atoms with Crippen molar-refractivity contribution in [2.24, 2.45) is 5.92 Å². The normalized spacial score (nSPS) is 22.5. The van der Waals surface area contributed by atoms with Gasteiger partial charge in [-0.1, -0.05) is 6.07 Å². The number of hydrogen-bond acceptors (Lipinski definition) is 4. The molecule has 1 aromatic carbocycles. The topological polar surface area (TPSA) is 55.8 Å². The van der Waals surface area contributed by atoms with E-state index >= 15 is 0 Å². The molecule has 2 rings (SSSR count). The van der Waals surface area contributed by atoms with Crippen LogP contribution in [0.1, 0.15) is 13.3 Å². The number of anilines is 1. The zero-order valence-electron chi connectivity index (χ0n) is 11.3. The molecule has 5 nitrogen and oxygen atoms in total. The third-order valence-electron chi connectivity index (χ3n) is 3.49. The van der Waals surface area contributed by atoms with E-state index in [0.29, 0.717) is 5.75 Å². The van der Waals surface area contributed by atoms with E-state index in [1.54, 1.807) is 18.1 Å². The maximum atomic E-state index is 12.1. The summed E-state index contributed by atoms with van der Waals surface area (Å²) in [4.78, 5) is 25.4. The first-order valence-electron chi connectivity index (χ1n) is 6.12. The van der Waals surface area contributed by atoms with Crippen molar-refractivity contribution in [1.29, 1.82) is 0 Å². The maximum Gasteiger partial charge on any atom is 0.311 e. The molecule has 5 heteroatoms. The Balaban J connectivity index is 2.29. The van der Waals surface area contributed by atoms with Crippen LogP contribution in [0.25, 0.3) is 0 Å². The fourth-order valence-electron chi connectivity index (χ4n) is 2.44. The van der Waals surface area contributed by atoms with Crippen LogP contribution in [0, 0.1) is 5.92 Å². The van der Waals surface area contributed by atoms with Gasteiger partial charge in [0.25, 0.3) is 0 Å². The van der Waals surface area contributed by atoms with Gasteiger partial charge < -0.3 is 14.4 Å². The van der Waals surface area contributed by atoms with Gasteiger partial charge in [-0.15, -0.1) is 0 Å². The Hall–Kier alpha value is -2.04. The van der Waals surface area contributed by atoms with Crippen LogP contribution >= 0.6 is 0 Å². The van der Waals surface area contributed by atoms with Gasteiger partial charge in [0.05, 0.1) is 20.1 Å². The molecule has 102 valence electrons. The minimum atomic E-state index is -0.413. The van der Waals surface area contributed by atoms with Crippen molar-refractivity contribution in [2.45, 2.75) is 19.4 Å². The Morgan fingerprint density at radius 2 is 2.11 bits per heavy atom. The minimum Gasteiger partial charge on any atom is -0.497 e. The molecule has 1 saturated heterocycles. The highest BCUT2D eigenvalue weighted by Gasteiger charge is 2.42. The first-order valence-corrected chi connectivity index (χ1v) is 6.12. The predicted octanol–water partition coefficient (Wildman–Crippen LogP) is 1.61. The van der Waals surface area contributed by atoms with Crippen molar-refractivity contribution in [2.75, 3.05) is 19.1 Å². The Morgan fingerprint density at radius 3 is 2.74 bits per heavy atom. The smallest absolute Gasteiger partial charge is 0.311 e. The average molecular weight is 263 g/mol. The van der Waals surface area contributed by atoms with Crippen LogP contribution in [0.15, 0.2) is 24.3 Å². The molecule has 1 aromatic rings. The highest BCUT2D eigenvalue weighted by Crippen LogP contribution is 2.33. The lowest BCUT2D eigenvalue weighted by Gasteiger charge is -2.24. The third kappa shape index (κ3) is 2.41. The second-order valence-corrected chi connectivity index (χ2v) is 4.54. The molecule has 2 atom stereocenters. The highest BCUT2D eigenvalue weighted by atomic mass is 16.5. The Morgan fingerprint density at radius 1 is 1.37 bits per heavy atom. The van der Waals surface area contributed by atoms with Crippen LogP contribution in [0.5, 0.6) is 5.75 Å². The van der Waals surface area contributed by atoms with Crippen LogP contribution in [-0.4, -0.2) is 32.1 Å². The van der Waals surface area contributed by atoms with E-state index in [-0.39, 0.29) is 24.3 Å². The first kappa shape index (κ1) is 13.4. The van der Waals surface area contributed by atoms with E-state index in [1.807, 2.05) is 25.1 Å². The van der Waals surface area contributed by atoms with Gasteiger partial charge in [0, 0.05) is 24.2 Å². The second kappa shape index (κ2) is 5.30. The van der Waals surface area contributed by atoms with Gasteiger partial charge in [0.15, 0.2) is 0 Å². The number of benzene rings is 1. The van der Waals surface area contributed by atoms with Crippen molar-refractivity contribution < 1.29 is 19.1 Å². The van der Waals surface area contributed by atoms with Gasteiger partial charge in [-0.3, -0.25) is 9.59 Å². The van der Waals surface area contributed by atoms with Crippen molar-refractivity contribution in [3.63, 3.8) is 0 Å². The van der Waals surface area contributed by atoms with Gasteiger partial charge in [-0.2, -0.15) is 0 Å². The summed E-state index contributed by atoms with van der Waals surface area (Å²) >= 11 is 0. The number of carbonyl (C=O) groups excluding carboxylic acids is 2. The third-order valence-corrected chi connectivity index (χ3v) is 3.49. The number of esters is 1. The Labute approximate surface area is 112 Å². The summed E-state index contributed by atoms with van der Waals surface area (Å²) in [7, 11) is 2.92. The fourth-order valence-corrected chi connectivity index (χ4v) is 2.44. The number of carbonyl (C=O) groups is 2. The van der Waals surface area contributed by atoms with Gasteiger partial charge in [-0.05, 0) is 19.1 Å². The first-order chi connectivity index (χ1) is 9.08. The lowest BCUT2D eigenvalue weighted by molar-refractivity contribution is -0.146. The van der Waals surface area contributed by atoms with Crippen LogP contribution in [0.4, 0.5) is 5.69 Å². The Kier molecular flexibility index (Phi) is 3.74. The average Bonchev–Trinajstić information content (AvgIpc) is 2.73. The molecule has 0 aliphatic carbocycles. The largest absolute Gasteiger partial charge is 0.497 e. The molecular weight excluding hydrogens is 246 g/mol. The van der Waals surface area contributed by atoms with Crippen LogP contribution in [0.3, 0.4) is 0 Å². The molecule has 0 aromatic heterocycles. The van der Waals surface area contributed by atoms with Crippen molar-refractivity contribution in [3.8, 4) is 5.75 Å². The SMILES string of the molecule is COC(=O)C1CC(=O)N(c2cccc(OC)c2)C1C. The van der Waals surface area contributed by atoms with Crippen molar-refractivity contribution in [1.82, 2.24) is 0 Å². The summed E-state index contributed by atoms with van der Waals surface area (Å²) in [5, 5.41) is 0. The van der Waals surface area contributed by atoms with Crippen LogP contribution in [-0.2, 0) is 14.3 Å². The molecule has 0 N–H and O–H groups in total. The summed E-state index contributed by atoms with van der Waals surface area (Å²) < 4.78 is 9.89. The van der Waals surface area contributed by atoms with Crippen LogP contribution in [0.2, 0.25) is 0 Å². The van der Waals surface area contributed by atoms with E-state index in [2.05, 4.69) is 0 Å². The van der Waals surface area contributed by atoms with E-state index < -0.39 is 5.92 Å². The van der Waals surface area contributed by atoms with E-state index in [1.165, 1.54) is 7.11 Å². The number of hydrogen-bond donors (Lipinski definition) is 0. The predicted molar refractivity (Wildman–Crippen MR) is 70.1 cm³/mol. The quantitative estimate of drug-likeness (QED) is 0.777. The minimum absolute atomic E-state index is 0.0730. The standard InChI is InChI=1S/C14H17NO4/c1-9-12(14(17)19-3)8-13(16)15(9)10-5-4-6-11(7-10)18-2/h4-7,9,12H,8H2,1-3H3. The number of methoxy groups -OCH3 is 2. The summed E-state index contributed by atoms with van der Waals surface area (Å²) in [6.07, 6.45) is 0.186. The zero-order chi connectivity index (χ0) is 14.0. The maximum absolute atomic E-state index is 12.1. The number of rotatable bonds is 3. The van der Waals surface area contributed by atoms with Gasteiger partial charge in [0.2, 0.25) is 5.91 Å². The van der Waals surface area contributed by atoms with Crippen molar-refractivity contribution >= 4 is 17.6 Å². The molecular formula is C14H17NO4. The molecule has 0 bridgehead atoms. The van der Waals surface area contributed by atoms with E-state index in [0.717, 1.165) is 5.69 Å².